The molecule has 88 valence electrons. The van der Waals surface area contributed by atoms with E-state index in [0.29, 0.717) is 17.0 Å². The standard InChI is InChI=1S/C13H17Cl2N/c1-8(2)16-7-9-5-12(9)11-4-3-10(14)6-13(11)15/h3-4,6,8-9,12,16H,5,7H2,1-2H3. The monoisotopic (exact) mass is 257 g/mol. The van der Waals surface area contributed by atoms with E-state index < -0.39 is 0 Å². The molecule has 1 fully saturated rings. The van der Waals surface area contributed by atoms with Crippen molar-refractivity contribution in [2.24, 2.45) is 5.92 Å². The molecule has 1 aliphatic carbocycles. The van der Waals surface area contributed by atoms with E-state index in [-0.39, 0.29) is 0 Å². The smallest absolute Gasteiger partial charge is 0.0455 e. The van der Waals surface area contributed by atoms with Gasteiger partial charge >= 0.3 is 0 Å². The molecule has 0 aromatic heterocycles. The molecule has 0 bridgehead atoms. The Morgan fingerprint density at radius 1 is 1.38 bits per heavy atom. The SMILES string of the molecule is CC(C)NCC1CC1c1ccc(Cl)cc1Cl. The highest BCUT2D eigenvalue weighted by molar-refractivity contribution is 6.35. The minimum absolute atomic E-state index is 0.557. The van der Waals surface area contributed by atoms with Gasteiger partial charge in [0, 0.05) is 16.1 Å². The lowest BCUT2D eigenvalue weighted by molar-refractivity contribution is 0.554. The van der Waals surface area contributed by atoms with Gasteiger partial charge in [0.05, 0.1) is 0 Å². The van der Waals surface area contributed by atoms with E-state index in [4.69, 9.17) is 23.2 Å². The minimum Gasteiger partial charge on any atom is -0.314 e. The first-order valence-corrected chi connectivity index (χ1v) is 6.52. The van der Waals surface area contributed by atoms with Gasteiger partial charge in [0.15, 0.2) is 0 Å². The van der Waals surface area contributed by atoms with Crippen molar-refractivity contribution in [2.75, 3.05) is 6.54 Å². The van der Waals surface area contributed by atoms with Gasteiger partial charge in [0.25, 0.3) is 0 Å². The third-order valence-electron chi connectivity index (χ3n) is 3.07. The van der Waals surface area contributed by atoms with Crippen LogP contribution in [0, 0.1) is 5.92 Å². The van der Waals surface area contributed by atoms with E-state index in [1.54, 1.807) is 0 Å². The van der Waals surface area contributed by atoms with Gasteiger partial charge in [-0.25, -0.2) is 0 Å². The fourth-order valence-electron chi connectivity index (χ4n) is 2.04. The highest BCUT2D eigenvalue weighted by Gasteiger charge is 2.38. The Hall–Kier alpha value is -0.240. The fraction of sp³-hybridized carbons (Fsp3) is 0.538. The molecule has 0 spiro atoms. The van der Waals surface area contributed by atoms with Crippen molar-refractivity contribution in [3.8, 4) is 0 Å². The largest absolute Gasteiger partial charge is 0.314 e. The Bertz CT molecular complexity index is 376. The summed E-state index contributed by atoms with van der Waals surface area (Å²) in [7, 11) is 0. The molecule has 0 heterocycles. The first-order valence-electron chi connectivity index (χ1n) is 5.76. The summed E-state index contributed by atoms with van der Waals surface area (Å²) in [6.45, 7) is 5.43. The second kappa shape index (κ2) is 4.95. The minimum atomic E-state index is 0.557. The zero-order valence-corrected chi connectivity index (χ0v) is 11.1. The molecule has 0 amide bonds. The van der Waals surface area contributed by atoms with Crippen LogP contribution in [0.15, 0.2) is 18.2 Å². The van der Waals surface area contributed by atoms with Crippen LogP contribution < -0.4 is 5.32 Å². The maximum Gasteiger partial charge on any atom is 0.0455 e. The molecule has 2 atom stereocenters. The number of benzene rings is 1. The van der Waals surface area contributed by atoms with Gasteiger partial charge < -0.3 is 5.32 Å². The average molecular weight is 258 g/mol. The Balaban J connectivity index is 1.95. The Morgan fingerprint density at radius 3 is 2.75 bits per heavy atom. The van der Waals surface area contributed by atoms with Crippen molar-refractivity contribution in [1.29, 1.82) is 0 Å². The predicted molar refractivity (Wildman–Crippen MR) is 70.4 cm³/mol. The van der Waals surface area contributed by atoms with Gasteiger partial charge in [-0.1, -0.05) is 43.1 Å². The van der Waals surface area contributed by atoms with Gasteiger partial charge in [0.1, 0.15) is 0 Å². The molecule has 3 heteroatoms. The molecular formula is C13H17Cl2N. The summed E-state index contributed by atoms with van der Waals surface area (Å²) in [6, 6.07) is 6.38. The molecule has 1 aromatic rings. The van der Waals surface area contributed by atoms with Crippen LogP contribution in [0.25, 0.3) is 0 Å². The summed E-state index contributed by atoms with van der Waals surface area (Å²) in [4.78, 5) is 0. The van der Waals surface area contributed by atoms with Crippen LogP contribution in [-0.4, -0.2) is 12.6 Å². The maximum atomic E-state index is 6.19. The van der Waals surface area contributed by atoms with Crippen LogP contribution in [0.3, 0.4) is 0 Å². The summed E-state index contributed by atoms with van der Waals surface area (Å²) in [5.41, 5.74) is 1.25. The zero-order chi connectivity index (χ0) is 11.7. The van der Waals surface area contributed by atoms with Crippen LogP contribution in [-0.2, 0) is 0 Å². The van der Waals surface area contributed by atoms with Crippen molar-refractivity contribution < 1.29 is 0 Å². The van der Waals surface area contributed by atoms with E-state index in [1.165, 1.54) is 12.0 Å². The lowest BCUT2D eigenvalue weighted by Crippen LogP contribution is -2.25. The van der Waals surface area contributed by atoms with Gasteiger partial charge in [0.2, 0.25) is 0 Å². The predicted octanol–water partition coefficient (Wildman–Crippen LogP) is 4.09. The van der Waals surface area contributed by atoms with Crippen LogP contribution in [0.2, 0.25) is 10.0 Å². The number of rotatable bonds is 4. The first kappa shape index (κ1) is 12.2. The third kappa shape index (κ3) is 2.91. The highest BCUT2D eigenvalue weighted by Crippen LogP contribution is 2.49. The fourth-order valence-corrected chi connectivity index (χ4v) is 2.59. The van der Waals surface area contributed by atoms with E-state index in [1.807, 2.05) is 12.1 Å². The van der Waals surface area contributed by atoms with Crippen LogP contribution in [0.1, 0.15) is 31.7 Å². The maximum absolute atomic E-state index is 6.19. The van der Waals surface area contributed by atoms with Gasteiger partial charge in [-0.05, 0) is 42.5 Å². The number of nitrogens with one attached hydrogen (secondary N) is 1. The highest BCUT2D eigenvalue weighted by atomic mass is 35.5. The lowest BCUT2D eigenvalue weighted by Gasteiger charge is -2.08. The van der Waals surface area contributed by atoms with Crippen molar-refractivity contribution in [1.82, 2.24) is 5.32 Å². The van der Waals surface area contributed by atoms with E-state index in [2.05, 4.69) is 25.2 Å². The summed E-state index contributed by atoms with van der Waals surface area (Å²) in [5.74, 6) is 1.36. The molecule has 16 heavy (non-hydrogen) atoms. The zero-order valence-electron chi connectivity index (χ0n) is 9.63. The van der Waals surface area contributed by atoms with Crippen molar-refractivity contribution in [3.05, 3.63) is 33.8 Å². The topological polar surface area (TPSA) is 12.0 Å². The summed E-state index contributed by atoms with van der Waals surface area (Å²) >= 11 is 12.1. The first-order chi connectivity index (χ1) is 7.58. The number of hydrogen-bond donors (Lipinski definition) is 1. The Morgan fingerprint density at radius 2 is 2.12 bits per heavy atom. The van der Waals surface area contributed by atoms with E-state index in [9.17, 15) is 0 Å². The molecule has 0 aliphatic heterocycles. The number of halogens is 2. The molecule has 0 saturated heterocycles. The average Bonchev–Trinajstić information content (AvgIpc) is 2.94. The van der Waals surface area contributed by atoms with Crippen molar-refractivity contribution >= 4 is 23.2 Å². The molecule has 1 saturated carbocycles. The molecule has 1 aliphatic rings. The molecule has 1 nitrogen and oxygen atoms in total. The van der Waals surface area contributed by atoms with Crippen LogP contribution in [0.4, 0.5) is 0 Å². The van der Waals surface area contributed by atoms with Crippen molar-refractivity contribution in [3.63, 3.8) is 0 Å². The van der Waals surface area contributed by atoms with Gasteiger partial charge in [-0.2, -0.15) is 0 Å². The molecule has 2 unspecified atom stereocenters. The van der Waals surface area contributed by atoms with Crippen LogP contribution in [0.5, 0.6) is 0 Å². The second-order valence-corrected chi connectivity index (χ2v) is 5.67. The van der Waals surface area contributed by atoms with E-state index >= 15 is 0 Å². The summed E-state index contributed by atoms with van der Waals surface area (Å²) < 4.78 is 0. The Kier molecular flexibility index (Phi) is 3.78. The number of hydrogen-bond acceptors (Lipinski definition) is 1. The lowest BCUT2D eigenvalue weighted by atomic mass is 10.1. The third-order valence-corrected chi connectivity index (χ3v) is 3.64. The molecule has 2 rings (SSSR count). The molecule has 1 N–H and O–H groups in total. The normalized spacial score (nSPS) is 23.8. The molecule has 0 radical (unpaired) electrons. The Labute approximate surface area is 107 Å². The molecular weight excluding hydrogens is 241 g/mol. The van der Waals surface area contributed by atoms with E-state index in [0.717, 1.165) is 17.5 Å². The summed E-state index contributed by atoms with van der Waals surface area (Å²) in [6.07, 6.45) is 1.24. The van der Waals surface area contributed by atoms with Gasteiger partial charge in [-0.15, -0.1) is 0 Å². The van der Waals surface area contributed by atoms with Crippen LogP contribution >= 0.6 is 23.2 Å². The quantitative estimate of drug-likeness (QED) is 0.857. The molecule has 1 aromatic carbocycles. The van der Waals surface area contributed by atoms with Gasteiger partial charge in [-0.3, -0.25) is 0 Å². The summed E-state index contributed by atoms with van der Waals surface area (Å²) in [5, 5.41) is 4.99. The van der Waals surface area contributed by atoms with Crippen molar-refractivity contribution in [2.45, 2.75) is 32.2 Å². The second-order valence-electron chi connectivity index (χ2n) is 4.83.